The van der Waals surface area contributed by atoms with Crippen molar-refractivity contribution in [3.05, 3.63) is 94.7 Å². The molecule has 2 aliphatic heterocycles. The number of hydrogen-bond acceptors (Lipinski definition) is 12. The third-order valence-corrected chi connectivity index (χ3v) is 12.3. The van der Waals surface area contributed by atoms with Crippen LogP contribution >= 0.6 is 23.8 Å². The van der Waals surface area contributed by atoms with E-state index in [1.807, 2.05) is 58.0 Å². The van der Waals surface area contributed by atoms with Gasteiger partial charge in [0.15, 0.2) is 28.8 Å². The Morgan fingerprint density at radius 3 is 2.38 bits per heavy atom. The highest BCUT2D eigenvalue weighted by Crippen LogP contribution is 2.39. The first-order valence-electron chi connectivity index (χ1n) is 22.3. The molecule has 4 aromatic rings. The normalized spacial score (nSPS) is 17.3. The number of aromatic nitrogens is 1. The third kappa shape index (κ3) is 12.2. The van der Waals surface area contributed by atoms with Gasteiger partial charge < -0.3 is 44.2 Å². The fraction of sp³-hybridized carbons (Fsp3) is 0.449. The second-order valence-electron chi connectivity index (χ2n) is 18.2. The number of thiocarbonyl (C=S) groups is 1. The van der Waals surface area contributed by atoms with Gasteiger partial charge in [0.2, 0.25) is 17.7 Å². The number of nitrogens with one attached hydrogen (secondary N) is 2. The lowest BCUT2D eigenvalue weighted by molar-refractivity contribution is -0.144. The summed E-state index contributed by atoms with van der Waals surface area (Å²) < 4.78 is 37.7. The van der Waals surface area contributed by atoms with Crippen molar-refractivity contribution < 1.29 is 47.3 Å². The highest BCUT2D eigenvalue weighted by Gasteiger charge is 2.50. The van der Waals surface area contributed by atoms with Crippen LogP contribution in [-0.2, 0) is 35.2 Å². The van der Waals surface area contributed by atoms with E-state index >= 15 is 4.39 Å². The van der Waals surface area contributed by atoms with Gasteiger partial charge >= 0.3 is 0 Å². The zero-order valence-corrected chi connectivity index (χ0v) is 40.5. The van der Waals surface area contributed by atoms with Crippen LogP contribution in [0, 0.1) is 29.5 Å². The molecule has 2 fully saturated rings. The molecule has 16 nitrogen and oxygen atoms in total. The van der Waals surface area contributed by atoms with E-state index in [1.54, 1.807) is 30.9 Å². The summed E-state index contributed by atoms with van der Waals surface area (Å²) in [7, 11) is 0. The maximum atomic E-state index is 15.3. The molecule has 3 atom stereocenters. The van der Waals surface area contributed by atoms with Crippen molar-refractivity contribution in [1.29, 1.82) is 5.26 Å². The molecule has 2 aliphatic rings. The number of likely N-dealkylation sites (tertiary alicyclic amines) is 1. The molecular weight excluding hydrogens is 917 g/mol. The molecule has 362 valence electrons. The number of hydrogen-bond donors (Lipinski definition) is 3. The molecule has 3 aromatic carbocycles. The Hall–Kier alpha value is -5.97. The highest BCUT2D eigenvalue weighted by molar-refractivity contribution is 7.81. The first-order valence-corrected chi connectivity index (χ1v) is 23.1. The molecule has 3 N–H and O–H groups in total. The first-order chi connectivity index (χ1) is 32.3. The van der Waals surface area contributed by atoms with Crippen LogP contribution in [-0.4, -0.2) is 107 Å². The molecule has 3 heterocycles. The highest BCUT2D eigenvalue weighted by atomic mass is 35.5. The lowest BCUT2D eigenvalue weighted by atomic mass is 9.85. The van der Waals surface area contributed by atoms with Crippen LogP contribution in [0.1, 0.15) is 77.1 Å². The van der Waals surface area contributed by atoms with Crippen molar-refractivity contribution >= 4 is 63.9 Å². The summed E-state index contributed by atoms with van der Waals surface area (Å²) in [6, 6.07) is 16.6. The van der Waals surface area contributed by atoms with Gasteiger partial charge in [-0.2, -0.15) is 5.26 Å². The summed E-state index contributed by atoms with van der Waals surface area (Å²) in [4.78, 5) is 62.2. The maximum absolute atomic E-state index is 15.3. The van der Waals surface area contributed by atoms with Crippen molar-refractivity contribution in [2.75, 3.05) is 49.4 Å². The number of aliphatic hydroxyl groups excluding tert-OH is 1. The topological polar surface area (TPSA) is 200 Å². The average Bonchev–Trinajstić information content (AvgIpc) is 3.96. The van der Waals surface area contributed by atoms with Crippen molar-refractivity contribution in [2.24, 2.45) is 5.41 Å². The van der Waals surface area contributed by atoms with Gasteiger partial charge in [-0.05, 0) is 93.6 Å². The van der Waals surface area contributed by atoms with Crippen LogP contribution in [0.3, 0.4) is 0 Å². The molecule has 0 saturated carbocycles. The largest absolute Gasteiger partial charge is 0.491 e. The molecular formula is C49H57ClFN7O9S. The Morgan fingerprint density at radius 2 is 1.72 bits per heavy atom. The molecule has 0 radical (unpaired) electrons. The molecule has 0 aliphatic carbocycles. The molecule has 0 bridgehead atoms. The molecule has 19 heteroatoms. The number of aliphatic hydroxyl groups is 1. The standard InChI is InChI=1S/C49H57ClFN7O9S/c1-30-42(67-29-54-30)32-12-10-31(11-13-32)26-53-44(61)39-24-36(59)27-56(39)45(62)43(48(2,3)4)55-41(60)28-65-20-9-19-64-18-7-8-21-66-40-17-16-35(23-38(40)51)58-47(68)57(46(63)49(58,5)6)34-15-14-33(25-52)37(50)22-34/h10-17,22-23,29,36,39,43,59H,7-9,18-21,24,26-28H2,1-6H3,(H,53,61)(H,55,60)/t36-,39+,43-/m1/s1. The molecule has 6 rings (SSSR count). The van der Waals surface area contributed by atoms with E-state index in [0.29, 0.717) is 49.6 Å². The summed E-state index contributed by atoms with van der Waals surface area (Å²) in [5, 5.41) is 25.8. The van der Waals surface area contributed by atoms with Crippen LogP contribution in [0.4, 0.5) is 15.8 Å². The number of oxazole rings is 1. The second-order valence-corrected chi connectivity index (χ2v) is 19.0. The van der Waals surface area contributed by atoms with Crippen molar-refractivity contribution in [1.82, 2.24) is 20.5 Å². The lowest BCUT2D eigenvalue weighted by Crippen LogP contribution is -2.58. The SMILES string of the molecule is Cc1ncoc1-c1ccc(CNC(=O)[C@@H]2C[C@@H](O)CN2C(=O)[C@@H](NC(=O)COCCCOCCCCOc2ccc(N3C(=S)N(c4ccc(C#N)c(Cl)c4)C(=O)C3(C)C)cc2F)C(C)(C)C)cc1. The van der Waals surface area contributed by atoms with Crippen molar-refractivity contribution in [2.45, 2.75) is 97.5 Å². The number of ether oxygens (including phenoxy) is 3. The monoisotopic (exact) mass is 973 g/mol. The van der Waals surface area contributed by atoms with E-state index in [1.165, 1.54) is 40.5 Å². The predicted molar refractivity (Wildman–Crippen MR) is 256 cm³/mol. The number of benzene rings is 3. The Morgan fingerprint density at radius 1 is 1.03 bits per heavy atom. The maximum Gasteiger partial charge on any atom is 0.259 e. The van der Waals surface area contributed by atoms with E-state index in [0.717, 1.165) is 16.8 Å². The number of unbranched alkanes of at least 4 members (excludes halogenated alkanes) is 1. The summed E-state index contributed by atoms with van der Waals surface area (Å²) in [5.74, 6) is -1.60. The summed E-state index contributed by atoms with van der Waals surface area (Å²) in [6.45, 7) is 11.8. The quantitative estimate of drug-likeness (QED) is 0.0631. The predicted octanol–water partition coefficient (Wildman–Crippen LogP) is 6.62. The van der Waals surface area contributed by atoms with Gasteiger partial charge in [0.25, 0.3) is 5.91 Å². The molecule has 68 heavy (non-hydrogen) atoms. The molecule has 4 amide bonds. The Labute approximate surface area is 405 Å². The Kier molecular flexibility index (Phi) is 17.0. The summed E-state index contributed by atoms with van der Waals surface area (Å²) >= 11 is 11.9. The number of carbonyl (C=O) groups excluding carboxylic acids is 4. The van der Waals surface area contributed by atoms with E-state index < -0.39 is 52.7 Å². The van der Waals surface area contributed by atoms with E-state index in [4.69, 9.17) is 42.4 Å². The number of anilines is 2. The van der Waals surface area contributed by atoms with Crippen molar-refractivity contribution in [3.63, 3.8) is 0 Å². The Balaban J connectivity index is 0.868. The zero-order valence-electron chi connectivity index (χ0n) is 39.0. The fourth-order valence-electron chi connectivity index (χ4n) is 7.94. The van der Waals surface area contributed by atoms with Gasteiger partial charge in [-0.15, -0.1) is 0 Å². The van der Waals surface area contributed by atoms with Crippen LogP contribution in [0.5, 0.6) is 5.75 Å². The Bertz CT molecular complexity index is 2530. The van der Waals surface area contributed by atoms with Crippen molar-refractivity contribution in [3.8, 4) is 23.1 Å². The molecule has 1 aromatic heterocycles. The van der Waals surface area contributed by atoms with Gasteiger partial charge in [-0.3, -0.25) is 24.1 Å². The number of aryl methyl sites for hydroxylation is 1. The minimum absolute atomic E-state index is 0.0422. The van der Waals surface area contributed by atoms with E-state index in [2.05, 4.69) is 15.6 Å². The number of nitriles is 1. The number of amides is 4. The van der Waals surface area contributed by atoms with Gasteiger partial charge in [0.1, 0.15) is 30.3 Å². The summed E-state index contributed by atoms with van der Waals surface area (Å²) in [5.41, 5.74) is 1.62. The first kappa shape index (κ1) is 51.4. The van der Waals surface area contributed by atoms with Gasteiger partial charge in [0.05, 0.1) is 34.7 Å². The molecule has 0 spiro atoms. The van der Waals surface area contributed by atoms with Gasteiger partial charge in [-0.1, -0.05) is 56.6 Å². The minimum atomic E-state index is -1.14. The van der Waals surface area contributed by atoms with Crippen LogP contribution < -0.4 is 25.2 Å². The van der Waals surface area contributed by atoms with E-state index in [9.17, 15) is 29.5 Å². The van der Waals surface area contributed by atoms with Crippen LogP contribution in [0.15, 0.2) is 71.5 Å². The summed E-state index contributed by atoms with van der Waals surface area (Å²) in [6.07, 6.45) is 2.31. The van der Waals surface area contributed by atoms with Gasteiger partial charge in [0, 0.05) is 56.6 Å². The minimum Gasteiger partial charge on any atom is -0.491 e. The second kappa shape index (κ2) is 22.4. The van der Waals surface area contributed by atoms with Crippen LogP contribution in [0.2, 0.25) is 5.02 Å². The lowest BCUT2D eigenvalue weighted by Gasteiger charge is -2.35. The smallest absolute Gasteiger partial charge is 0.259 e. The number of rotatable bonds is 20. The van der Waals surface area contributed by atoms with E-state index in [-0.39, 0.29) is 66.7 Å². The number of nitrogens with zero attached hydrogens (tertiary/aromatic N) is 5. The third-order valence-electron chi connectivity index (χ3n) is 11.6. The van der Waals surface area contributed by atoms with Crippen LogP contribution in [0.25, 0.3) is 11.3 Å². The fourth-order valence-corrected chi connectivity index (χ4v) is 8.68. The number of β-amino-alcohol motifs (C(OH)–C–C–N with tert-alkyl or cyclic N) is 1. The average molecular weight is 975 g/mol. The van der Waals surface area contributed by atoms with Gasteiger partial charge in [-0.25, -0.2) is 9.37 Å². The number of halogens is 2. The molecule has 0 unspecified atom stereocenters. The molecule has 2 saturated heterocycles. The zero-order chi connectivity index (χ0) is 49.3. The number of carbonyl (C=O) groups is 4.